The van der Waals surface area contributed by atoms with Crippen LogP contribution in [-0.4, -0.2) is 18.6 Å². The highest BCUT2D eigenvalue weighted by Gasteiger charge is 1.92. The van der Waals surface area contributed by atoms with Crippen LogP contribution >= 0.6 is 11.6 Å². The van der Waals surface area contributed by atoms with Crippen LogP contribution in [0.15, 0.2) is 18.5 Å². The highest BCUT2D eigenvalue weighted by atomic mass is 35.5. The molecule has 0 unspecified atom stereocenters. The third-order valence-corrected chi connectivity index (χ3v) is 1.56. The van der Waals surface area contributed by atoms with Crippen LogP contribution in [0.3, 0.4) is 0 Å². The lowest BCUT2D eigenvalue weighted by molar-refractivity contribution is 0.938. The van der Waals surface area contributed by atoms with Crippen LogP contribution in [0.25, 0.3) is 0 Å². The minimum Gasteiger partial charge on any atom is -0.309 e. The van der Waals surface area contributed by atoms with Gasteiger partial charge in [-0.05, 0) is 13.1 Å². The number of aromatic nitrogens is 1. The Hall–Kier alpha value is -1.04. The molecule has 1 aromatic rings. The van der Waals surface area contributed by atoms with Gasteiger partial charge in [0.15, 0.2) is 0 Å². The van der Waals surface area contributed by atoms with Gasteiger partial charge in [-0.2, -0.15) is 0 Å². The lowest BCUT2D eigenvalue weighted by Crippen LogP contribution is -2.04. The summed E-state index contributed by atoms with van der Waals surface area (Å²) in [5, 5.41) is 3.52. The molecule has 12 heavy (non-hydrogen) atoms. The molecule has 0 aliphatic heterocycles. The van der Waals surface area contributed by atoms with Gasteiger partial charge < -0.3 is 5.32 Å². The van der Waals surface area contributed by atoms with Crippen molar-refractivity contribution in [3.05, 3.63) is 29.0 Å². The SMILES string of the molecule is CNCC#Cc1ccncc1Cl. The van der Waals surface area contributed by atoms with Crippen molar-refractivity contribution in [1.29, 1.82) is 0 Å². The second-order valence-electron chi connectivity index (χ2n) is 2.19. The molecule has 62 valence electrons. The van der Waals surface area contributed by atoms with Gasteiger partial charge in [-0.3, -0.25) is 4.98 Å². The van der Waals surface area contributed by atoms with Crippen LogP contribution in [0.1, 0.15) is 5.56 Å². The fourth-order valence-corrected chi connectivity index (χ4v) is 0.871. The van der Waals surface area contributed by atoms with Gasteiger partial charge in [0.1, 0.15) is 0 Å². The summed E-state index contributed by atoms with van der Waals surface area (Å²) in [7, 11) is 1.85. The third kappa shape index (κ3) is 2.54. The topological polar surface area (TPSA) is 24.9 Å². The van der Waals surface area contributed by atoms with E-state index in [1.54, 1.807) is 18.5 Å². The van der Waals surface area contributed by atoms with E-state index in [0.29, 0.717) is 11.6 Å². The van der Waals surface area contributed by atoms with Crippen LogP contribution in [-0.2, 0) is 0 Å². The first-order chi connectivity index (χ1) is 5.84. The minimum absolute atomic E-state index is 0.598. The van der Waals surface area contributed by atoms with Crippen molar-refractivity contribution in [2.45, 2.75) is 0 Å². The number of rotatable bonds is 1. The molecule has 0 radical (unpaired) electrons. The van der Waals surface area contributed by atoms with Gasteiger partial charge in [-0.25, -0.2) is 0 Å². The highest BCUT2D eigenvalue weighted by Crippen LogP contribution is 2.10. The van der Waals surface area contributed by atoms with Crippen molar-refractivity contribution >= 4 is 11.6 Å². The molecule has 1 heterocycles. The molecule has 3 heteroatoms. The van der Waals surface area contributed by atoms with Crippen LogP contribution in [0.4, 0.5) is 0 Å². The zero-order valence-corrected chi connectivity index (χ0v) is 7.52. The Bertz CT molecular complexity index is 312. The van der Waals surface area contributed by atoms with Gasteiger partial charge in [-0.15, -0.1) is 0 Å². The highest BCUT2D eigenvalue weighted by molar-refractivity contribution is 6.31. The molecular formula is C9H9ClN2. The van der Waals surface area contributed by atoms with Crippen molar-refractivity contribution in [2.75, 3.05) is 13.6 Å². The predicted octanol–water partition coefficient (Wildman–Crippen LogP) is 1.31. The second-order valence-corrected chi connectivity index (χ2v) is 2.59. The molecule has 0 saturated carbocycles. The fraction of sp³-hybridized carbons (Fsp3) is 0.222. The normalized spacial score (nSPS) is 8.83. The molecule has 0 aromatic carbocycles. The largest absolute Gasteiger partial charge is 0.309 e. The van der Waals surface area contributed by atoms with E-state index in [1.165, 1.54) is 0 Å². The first kappa shape index (κ1) is 9.05. The van der Waals surface area contributed by atoms with Gasteiger partial charge >= 0.3 is 0 Å². The van der Waals surface area contributed by atoms with Crippen molar-refractivity contribution in [1.82, 2.24) is 10.3 Å². The minimum atomic E-state index is 0.598. The summed E-state index contributed by atoms with van der Waals surface area (Å²) in [5.41, 5.74) is 0.821. The zero-order chi connectivity index (χ0) is 8.81. The van der Waals surface area contributed by atoms with Crippen molar-refractivity contribution in [3.8, 4) is 11.8 Å². The summed E-state index contributed by atoms with van der Waals surface area (Å²) in [6.07, 6.45) is 3.26. The van der Waals surface area contributed by atoms with E-state index in [9.17, 15) is 0 Å². The van der Waals surface area contributed by atoms with E-state index < -0.39 is 0 Å². The first-order valence-corrected chi connectivity index (χ1v) is 3.95. The van der Waals surface area contributed by atoms with Gasteiger partial charge in [0, 0.05) is 18.0 Å². The summed E-state index contributed by atoms with van der Waals surface area (Å²) in [6.45, 7) is 0.665. The Kier molecular flexibility index (Phi) is 3.59. The molecule has 0 atom stereocenters. The number of nitrogens with one attached hydrogen (secondary N) is 1. The van der Waals surface area contributed by atoms with Gasteiger partial charge in [0.25, 0.3) is 0 Å². The molecule has 2 nitrogen and oxygen atoms in total. The Morgan fingerprint density at radius 1 is 1.67 bits per heavy atom. The number of nitrogens with zero attached hydrogens (tertiary/aromatic N) is 1. The van der Waals surface area contributed by atoms with E-state index in [0.717, 1.165) is 5.56 Å². The molecule has 0 fully saturated rings. The summed E-state index contributed by atoms with van der Waals surface area (Å²) in [6, 6.07) is 1.80. The van der Waals surface area contributed by atoms with E-state index in [4.69, 9.17) is 11.6 Å². The summed E-state index contributed by atoms with van der Waals surface area (Å²) >= 11 is 5.82. The molecule has 1 aromatic heterocycles. The number of pyridine rings is 1. The van der Waals surface area contributed by atoms with Crippen molar-refractivity contribution < 1.29 is 0 Å². The molecule has 0 aliphatic carbocycles. The summed E-state index contributed by atoms with van der Waals surface area (Å²) < 4.78 is 0. The van der Waals surface area contributed by atoms with Gasteiger partial charge in [-0.1, -0.05) is 23.4 Å². The van der Waals surface area contributed by atoms with E-state index in [2.05, 4.69) is 22.1 Å². The lowest BCUT2D eigenvalue weighted by Gasteiger charge is -1.91. The molecule has 0 bridgehead atoms. The third-order valence-electron chi connectivity index (χ3n) is 1.26. The predicted molar refractivity (Wildman–Crippen MR) is 50.1 cm³/mol. The molecule has 1 rings (SSSR count). The number of hydrogen-bond donors (Lipinski definition) is 1. The Balaban J connectivity index is 2.77. The average molecular weight is 181 g/mol. The maximum absolute atomic E-state index is 5.82. The zero-order valence-electron chi connectivity index (χ0n) is 6.76. The monoisotopic (exact) mass is 180 g/mol. The average Bonchev–Trinajstić information content (AvgIpc) is 2.09. The summed E-state index contributed by atoms with van der Waals surface area (Å²) in [4.78, 5) is 3.86. The van der Waals surface area contributed by atoms with E-state index in [1.807, 2.05) is 7.05 Å². The maximum Gasteiger partial charge on any atom is 0.0745 e. The molecular weight excluding hydrogens is 172 g/mol. The second kappa shape index (κ2) is 4.76. The van der Waals surface area contributed by atoms with Crippen LogP contribution in [0.5, 0.6) is 0 Å². The van der Waals surface area contributed by atoms with E-state index in [-0.39, 0.29) is 0 Å². The Labute approximate surface area is 77.0 Å². The molecule has 0 spiro atoms. The Morgan fingerprint density at radius 2 is 2.50 bits per heavy atom. The molecule has 0 aliphatic rings. The first-order valence-electron chi connectivity index (χ1n) is 3.57. The quantitative estimate of drug-likeness (QED) is 0.660. The van der Waals surface area contributed by atoms with E-state index >= 15 is 0 Å². The van der Waals surface area contributed by atoms with Crippen molar-refractivity contribution in [2.24, 2.45) is 0 Å². The molecule has 0 amide bonds. The van der Waals surface area contributed by atoms with Crippen molar-refractivity contribution in [3.63, 3.8) is 0 Å². The molecule has 0 saturated heterocycles. The number of hydrogen-bond acceptors (Lipinski definition) is 2. The lowest BCUT2D eigenvalue weighted by atomic mass is 10.3. The number of halogens is 1. The smallest absolute Gasteiger partial charge is 0.0745 e. The fourth-order valence-electron chi connectivity index (χ4n) is 0.704. The van der Waals surface area contributed by atoms with Crippen LogP contribution < -0.4 is 5.32 Å². The van der Waals surface area contributed by atoms with Gasteiger partial charge in [0.2, 0.25) is 0 Å². The Morgan fingerprint density at radius 3 is 3.17 bits per heavy atom. The summed E-state index contributed by atoms with van der Waals surface area (Å²) in [5.74, 6) is 5.85. The van der Waals surface area contributed by atoms with Crippen LogP contribution in [0.2, 0.25) is 5.02 Å². The van der Waals surface area contributed by atoms with Gasteiger partial charge in [0.05, 0.1) is 11.6 Å². The standard InChI is InChI=1S/C9H9ClN2/c1-11-5-2-3-8-4-6-12-7-9(8)10/h4,6-7,11H,5H2,1H3. The maximum atomic E-state index is 5.82. The molecule has 1 N–H and O–H groups in total. The van der Waals surface area contributed by atoms with Crippen LogP contribution in [0, 0.1) is 11.8 Å².